The van der Waals surface area contributed by atoms with Crippen molar-refractivity contribution < 1.29 is 18.7 Å². The van der Waals surface area contributed by atoms with Crippen molar-refractivity contribution >= 4 is 16.8 Å². The van der Waals surface area contributed by atoms with Gasteiger partial charge in [-0.2, -0.15) is 5.10 Å². The largest absolute Gasteiger partial charge is 0.505 e. The number of aromatic hydroxyl groups is 1. The van der Waals surface area contributed by atoms with Crippen LogP contribution in [-0.2, 0) is 24.2 Å². The maximum Gasteiger partial charge on any atom is 0.226 e. The lowest BCUT2D eigenvalue weighted by molar-refractivity contribution is -0.138. The summed E-state index contributed by atoms with van der Waals surface area (Å²) in [5, 5.41) is 17.3. The number of carbonyl (C=O) groups is 1. The molecule has 0 spiro atoms. The van der Waals surface area contributed by atoms with Crippen molar-refractivity contribution in [3.8, 4) is 28.4 Å². The molecular formula is C30H34F2N6O2. The Kier molecular flexibility index (Phi) is 6.82. The standard InChI is InChI=1S/C30H34F2N6O2/c1-4-17-13-26(39)21(31)14-20(17)19-11-22(32)27-24(12-19)35-36-28(27)29-33-23-7-10-38(15-25(23)34-29)30(40)18-5-8-37(9-6-18)16(2)3/h11-14,16,18,39H,4-10,15H2,1-3H3,(H,33,34)(H,35,36). The second-order valence-electron chi connectivity index (χ2n) is 11.2. The minimum Gasteiger partial charge on any atom is -0.505 e. The first-order valence-electron chi connectivity index (χ1n) is 14.0. The molecule has 2 aromatic carbocycles. The second kappa shape index (κ2) is 10.3. The van der Waals surface area contributed by atoms with Crippen LogP contribution in [0.15, 0.2) is 24.3 Å². The van der Waals surface area contributed by atoms with Crippen LogP contribution in [-0.4, -0.2) is 66.7 Å². The predicted molar refractivity (Wildman–Crippen MR) is 149 cm³/mol. The van der Waals surface area contributed by atoms with Crippen LogP contribution in [0, 0.1) is 17.6 Å². The van der Waals surface area contributed by atoms with E-state index in [0.29, 0.717) is 65.7 Å². The lowest BCUT2D eigenvalue weighted by Crippen LogP contribution is -2.45. The summed E-state index contributed by atoms with van der Waals surface area (Å²) in [7, 11) is 0. The average Bonchev–Trinajstić information content (AvgIpc) is 3.58. The van der Waals surface area contributed by atoms with E-state index in [1.165, 1.54) is 18.2 Å². The molecule has 10 heteroatoms. The highest BCUT2D eigenvalue weighted by atomic mass is 19.1. The van der Waals surface area contributed by atoms with Gasteiger partial charge < -0.3 is 19.9 Å². The fourth-order valence-corrected chi connectivity index (χ4v) is 6.12. The van der Waals surface area contributed by atoms with Crippen molar-refractivity contribution in [2.75, 3.05) is 19.6 Å². The summed E-state index contributed by atoms with van der Waals surface area (Å²) < 4.78 is 29.7. The first kappa shape index (κ1) is 26.4. The number of nitrogens with one attached hydrogen (secondary N) is 2. The van der Waals surface area contributed by atoms with E-state index >= 15 is 4.39 Å². The molecule has 6 rings (SSSR count). The fraction of sp³-hybridized carbons (Fsp3) is 0.433. The SMILES string of the molecule is CCc1cc(O)c(F)cc1-c1cc(F)c2c(-c3nc4c([nH]3)CN(C(=O)C3CCN(C(C)C)CC3)CC4)n[nH]c2c1. The Hall–Kier alpha value is -3.79. The minimum atomic E-state index is -0.757. The van der Waals surface area contributed by atoms with E-state index in [-0.39, 0.29) is 17.2 Å². The van der Waals surface area contributed by atoms with Crippen LogP contribution in [0.25, 0.3) is 33.5 Å². The zero-order valence-corrected chi connectivity index (χ0v) is 23.0. The Labute approximate surface area is 231 Å². The van der Waals surface area contributed by atoms with Gasteiger partial charge in [-0.3, -0.25) is 9.89 Å². The molecule has 1 saturated heterocycles. The number of halogens is 2. The molecule has 1 amide bonds. The number of benzene rings is 2. The minimum absolute atomic E-state index is 0.0489. The Morgan fingerprint density at radius 1 is 1.12 bits per heavy atom. The summed E-state index contributed by atoms with van der Waals surface area (Å²) in [4.78, 5) is 25.7. The first-order chi connectivity index (χ1) is 19.2. The van der Waals surface area contributed by atoms with Crippen LogP contribution in [0.3, 0.4) is 0 Å². The lowest BCUT2D eigenvalue weighted by atomic mass is 9.94. The first-order valence-corrected chi connectivity index (χ1v) is 14.0. The summed E-state index contributed by atoms with van der Waals surface area (Å²) in [6, 6.07) is 6.19. The van der Waals surface area contributed by atoms with Crippen LogP contribution >= 0.6 is 0 Å². The maximum absolute atomic E-state index is 15.6. The van der Waals surface area contributed by atoms with E-state index < -0.39 is 17.4 Å². The molecule has 0 radical (unpaired) electrons. The molecule has 0 unspecified atom stereocenters. The van der Waals surface area contributed by atoms with Gasteiger partial charge in [0.05, 0.1) is 28.8 Å². The molecule has 40 heavy (non-hydrogen) atoms. The van der Waals surface area contributed by atoms with Gasteiger partial charge in [-0.1, -0.05) is 6.92 Å². The quantitative estimate of drug-likeness (QED) is 0.319. The number of likely N-dealkylation sites (tertiary alicyclic amines) is 1. The highest BCUT2D eigenvalue weighted by Gasteiger charge is 2.32. The van der Waals surface area contributed by atoms with Crippen LogP contribution in [0.2, 0.25) is 0 Å². The Balaban J connectivity index is 1.25. The van der Waals surface area contributed by atoms with Gasteiger partial charge in [0.2, 0.25) is 5.91 Å². The Morgan fingerprint density at radius 3 is 2.62 bits per heavy atom. The number of aromatic amines is 2. The van der Waals surface area contributed by atoms with Crippen LogP contribution < -0.4 is 0 Å². The highest BCUT2D eigenvalue weighted by Crippen LogP contribution is 2.36. The number of phenolic OH excluding ortho intramolecular Hbond substituents is 1. The van der Waals surface area contributed by atoms with Crippen molar-refractivity contribution in [3.63, 3.8) is 0 Å². The molecule has 0 atom stereocenters. The van der Waals surface area contributed by atoms with Gasteiger partial charge >= 0.3 is 0 Å². The summed E-state index contributed by atoms with van der Waals surface area (Å²) in [6.45, 7) is 9.23. The van der Waals surface area contributed by atoms with Gasteiger partial charge in [-0.15, -0.1) is 0 Å². The lowest BCUT2D eigenvalue weighted by Gasteiger charge is -2.36. The number of aromatic nitrogens is 4. The molecular weight excluding hydrogens is 514 g/mol. The molecule has 2 aliphatic rings. The number of H-pyrrole nitrogens is 2. The second-order valence-corrected chi connectivity index (χ2v) is 11.2. The zero-order chi connectivity index (χ0) is 28.1. The zero-order valence-electron chi connectivity index (χ0n) is 23.0. The molecule has 1 fully saturated rings. The van der Waals surface area contributed by atoms with E-state index in [1.807, 2.05) is 11.8 Å². The summed E-state index contributed by atoms with van der Waals surface area (Å²) in [6.07, 6.45) is 2.94. The van der Waals surface area contributed by atoms with Gasteiger partial charge in [-0.05, 0) is 87.2 Å². The maximum atomic E-state index is 15.6. The van der Waals surface area contributed by atoms with Gasteiger partial charge in [0.15, 0.2) is 17.4 Å². The van der Waals surface area contributed by atoms with E-state index in [2.05, 4.69) is 33.9 Å². The molecule has 4 aromatic rings. The number of phenols is 1. The molecule has 0 bridgehead atoms. The number of fused-ring (bicyclic) bond motifs is 2. The fourth-order valence-electron chi connectivity index (χ4n) is 6.12. The smallest absolute Gasteiger partial charge is 0.226 e. The number of carbonyl (C=O) groups excluding carboxylic acids is 1. The summed E-state index contributed by atoms with van der Waals surface area (Å²) in [5.74, 6) is -0.991. The van der Waals surface area contributed by atoms with Crippen molar-refractivity contribution in [1.29, 1.82) is 0 Å². The number of aryl methyl sites for hydroxylation is 1. The molecule has 3 N–H and O–H groups in total. The molecule has 2 aliphatic heterocycles. The van der Waals surface area contributed by atoms with E-state index in [1.54, 1.807) is 6.07 Å². The van der Waals surface area contributed by atoms with E-state index in [0.717, 1.165) is 37.3 Å². The van der Waals surface area contributed by atoms with Crippen molar-refractivity contribution in [2.24, 2.45) is 5.92 Å². The van der Waals surface area contributed by atoms with Crippen molar-refractivity contribution in [3.05, 3.63) is 52.9 Å². The number of hydrogen-bond acceptors (Lipinski definition) is 5. The highest BCUT2D eigenvalue weighted by molar-refractivity contribution is 5.94. The number of rotatable bonds is 5. The number of imidazole rings is 1. The molecule has 8 nitrogen and oxygen atoms in total. The third-order valence-electron chi connectivity index (χ3n) is 8.46. The molecule has 210 valence electrons. The third kappa shape index (κ3) is 4.64. The Bertz CT molecular complexity index is 1580. The molecule has 0 aliphatic carbocycles. The monoisotopic (exact) mass is 548 g/mol. The summed E-state index contributed by atoms with van der Waals surface area (Å²) in [5.41, 5.74) is 4.26. The Morgan fingerprint density at radius 2 is 1.90 bits per heavy atom. The number of nitrogens with zero attached hydrogens (tertiary/aromatic N) is 4. The normalized spacial score (nSPS) is 16.7. The topological polar surface area (TPSA) is 101 Å². The third-order valence-corrected chi connectivity index (χ3v) is 8.46. The van der Waals surface area contributed by atoms with Crippen molar-refractivity contribution in [1.82, 2.24) is 30.0 Å². The van der Waals surface area contributed by atoms with Crippen LogP contribution in [0.4, 0.5) is 8.78 Å². The molecule has 4 heterocycles. The van der Waals surface area contributed by atoms with Gasteiger partial charge in [-0.25, -0.2) is 13.8 Å². The van der Waals surface area contributed by atoms with Gasteiger partial charge in [0.25, 0.3) is 0 Å². The van der Waals surface area contributed by atoms with Gasteiger partial charge in [0.1, 0.15) is 11.5 Å². The van der Waals surface area contributed by atoms with Gasteiger partial charge in [0, 0.05) is 24.9 Å². The number of amides is 1. The average molecular weight is 549 g/mol. The van der Waals surface area contributed by atoms with Crippen LogP contribution in [0.5, 0.6) is 5.75 Å². The summed E-state index contributed by atoms with van der Waals surface area (Å²) >= 11 is 0. The molecule has 0 saturated carbocycles. The van der Waals surface area contributed by atoms with E-state index in [9.17, 15) is 14.3 Å². The van der Waals surface area contributed by atoms with E-state index in [4.69, 9.17) is 4.98 Å². The number of piperidine rings is 1. The van der Waals surface area contributed by atoms with Crippen molar-refractivity contribution in [2.45, 2.75) is 59.0 Å². The number of hydrogen-bond donors (Lipinski definition) is 3. The van der Waals surface area contributed by atoms with Crippen LogP contribution in [0.1, 0.15) is 50.6 Å². The molecule has 2 aromatic heterocycles. The predicted octanol–water partition coefficient (Wildman–Crippen LogP) is 5.17.